The number of ether oxygens (including phenoxy) is 1. The van der Waals surface area contributed by atoms with Gasteiger partial charge >= 0.3 is 12.3 Å². The Labute approximate surface area is 243 Å². The van der Waals surface area contributed by atoms with Gasteiger partial charge in [-0.15, -0.1) is 0 Å². The average Bonchev–Trinajstić information content (AvgIpc) is 3.27. The lowest BCUT2D eigenvalue weighted by molar-refractivity contribution is -0.137. The summed E-state index contributed by atoms with van der Waals surface area (Å²) in [6, 6.07) is 11.2. The molecule has 3 heterocycles. The third-order valence-corrected chi connectivity index (χ3v) is 7.65. The summed E-state index contributed by atoms with van der Waals surface area (Å²) in [6.07, 6.45) is -1.92. The van der Waals surface area contributed by atoms with Crippen molar-refractivity contribution in [2.75, 3.05) is 39.3 Å². The number of benzene rings is 2. The minimum absolute atomic E-state index is 0.144. The zero-order valence-corrected chi connectivity index (χ0v) is 24.4. The monoisotopic (exact) mass is 583 g/mol. The number of alkyl halides is 3. The number of halogens is 3. The first kappa shape index (κ1) is 29.6. The maximum Gasteiger partial charge on any atom is 0.416 e. The molecule has 2 amide bonds. The first-order valence-corrected chi connectivity index (χ1v) is 14.1. The van der Waals surface area contributed by atoms with Gasteiger partial charge < -0.3 is 19.1 Å². The van der Waals surface area contributed by atoms with Crippen LogP contribution in [0.4, 0.5) is 18.0 Å². The average molecular weight is 584 g/mol. The summed E-state index contributed by atoms with van der Waals surface area (Å²) in [5.74, 6) is 0.223. The molecule has 0 radical (unpaired) electrons. The highest BCUT2D eigenvalue weighted by Gasteiger charge is 2.30. The molecule has 0 atom stereocenters. The topological polar surface area (TPSA) is 70.9 Å². The molecule has 3 aromatic rings. The van der Waals surface area contributed by atoms with Gasteiger partial charge in [-0.25, -0.2) is 9.78 Å². The van der Waals surface area contributed by atoms with E-state index in [0.717, 1.165) is 39.9 Å². The number of hydrogen-bond donors (Lipinski definition) is 0. The molecule has 2 aliphatic heterocycles. The fraction of sp³-hybridized carbons (Fsp3) is 0.452. The summed E-state index contributed by atoms with van der Waals surface area (Å²) in [4.78, 5) is 36.1. The number of rotatable bonds is 4. The van der Waals surface area contributed by atoms with E-state index in [4.69, 9.17) is 4.74 Å². The highest BCUT2D eigenvalue weighted by molar-refractivity contribution is 5.95. The van der Waals surface area contributed by atoms with Crippen LogP contribution in [0.3, 0.4) is 0 Å². The first-order valence-electron chi connectivity index (χ1n) is 14.1. The molecule has 0 saturated carbocycles. The van der Waals surface area contributed by atoms with Gasteiger partial charge in [-0.3, -0.25) is 9.69 Å². The van der Waals surface area contributed by atoms with Crippen molar-refractivity contribution in [2.24, 2.45) is 7.05 Å². The largest absolute Gasteiger partial charge is 0.444 e. The molecule has 42 heavy (non-hydrogen) atoms. The van der Waals surface area contributed by atoms with E-state index in [-0.39, 0.29) is 12.0 Å². The van der Waals surface area contributed by atoms with Gasteiger partial charge in [0, 0.05) is 52.9 Å². The Morgan fingerprint density at radius 2 is 1.62 bits per heavy atom. The number of hydrogen-bond acceptors (Lipinski definition) is 5. The fourth-order valence-electron chi connectivity index (χ4n) is 5.31. The Balaban J connectivity index is 1.21. The lowest BCUT2D eigenvalue weighted by Crippen LogP contribution is -2.48. The van der Waals surface area contributed by atoms with E-state index >= 15 is 0 Å². The Morgan fingerprint density at radius 1 is 0.929 bits per heavy atom. The molecule has 0 spiro atoms. The van der Waals surface area contributed by atoms with Gasteiger partial charge in [-0.1, -0.05) is 24.3 Å². The SMILES string of the molecule is Cn1c(C(=O)N2CCN(Cc3ccc(C(F)(F)F)cc3)CC2)nc2ccc(C3=CCN(C(=O)OC(C)(C)C)CC3)cc21. The van der Waals surface area contributed by atoms with Gasteiger partial charge in [0.05, 0.1) is 16.6 Å². The molecule has 0 aliphatic carbocycles. The van der Waals surface area contributed by atoms with Gasteiger partial charge in [0.25, 0.3) is 5.91 Å². The second kappa shape index (κ2) is 11.4. The van der Waals surface area contributed by atoms with Gasteiger partial charge in [-0.05, 0) is 68.2 Å². The van der Waals surface area contributed by atoms with Crippen molar-refractivity contribution in [1.29, 1.82) is 0 Å². The molecule has 2 aromatic carbocycles. The van der Waals surface area contributed by atoms with Crippen LogP contribution in [0, 0.1) is 0 Å². The number of amides is 2. The minimum atomic E-state index is -4.35. The third kappa shape index (κ3) is 6.61. The Hall–Kier alpha value is -3.86. The summed E-state index contributed by atoms with van der Waals surface area (Å²) >= 11 is 0. The van der Waals surface area contributed by atoms with Crippen LogP contribution in [0.1, 0.15) is 54.5 Å². The summed E-state index contributed by atoms with van der Waals surface area (Å²) < 4.78 is 45.8. The van der Waals surface area contributed by atoms with Crippen LogP contribution in [0.15, 0.2) is 48.5 Å². The fourth-order valence-corrected chi connectivity index (χ4v) is 5.31. The van der Waals surface area contributed by atoms with Crippen molar-refractivity contribution in [3.63, 3.8) is 0 Å². The molecule has 5 rings (SSSR count). The zero-order valence-electron chi connectivity index (χ0n) is 24.4. The molecule has 0 unspecified atom stereocenters. The lowest BCUT2D eigenvalue weighted by atomic mass is 9.99. The zero-order chi connectivity index (χ0) is 30.2. The molecule has 1 aromatic heterocycles. The van der Waals surface area contributed by atoms with E-state index < -0.39 is 17.3 Å². The normalized spacial score (nSPS) is 17.0. The van der Waals surface area contributed by atoms with Gasteiger partial charge in [0.15, 0.2) is 5.82 Å². The lowest BCUT2D eigenvalue weighted by Gasteiger charge is -2.34. The molecular weight excluding hydrogens is 547 g/mol. The summed E-state index contributed by atoms with van der Waals surface area (Å²) in [6.45, 7) is 9.39. The maximum atomic E-state index is 13.4. The highest BCUT2D eigenvalue weighted by Crippen LogP contribution is 2.30. The van der Waals surface area contributed by atoms with E-state index in [9.17, 15) is 22.8 Å². The van der Waals surface area contributed by atoms with Gasteiger partial charge in [0.1, 0.15) is 5.60 Å². The van der Waals surface area contributed by atoms with Crippen LogP contribution >= 0.6 is 0 Å². The van der Waals surface area contributed by atoms with Crippen molar-refractivity contribution in [3.8, 4) is 0 Å². The summed E-state index contributed by atoms with van der Waals surface area (Å²) in [7, 11) is 1.84. The van der Waals surface area contributed by atoms with Crippen molar-refractivity contribution in [2.45, 2.75) is 45.5 Å². The highest BCUT2D eigenvalue weighted by atomic mass is 19.4. The molecular formula is C31H36F3N5O3. The molecule has 8 nitrogen and oxygen atoms in total. The molecule has 1 saturated heterocycles. The predicted molar refractivity (Wildman–Crippen MR) is 154 cm³/mol. The van der Waals surface area contributed by atoms with E-state index in [1.165, 1.54) is 12.1 Å². The minimum Gasteiger partial charge on any atom is -0.444 e. The smallest absolute Gasteiger partial charge is 0.416 e. The predicted octanol–water partition coefficient (Wildman–Crippen LogP) is 5.57. The Bertz CT molecular complexity index is 1500. The first-order chi connectivity index (χ1) is 19.8. The Morgan fingerprint density at radius 3 is 2.21 bits per heavy atom. The van der Waals surface area contributed by atoms with Crippen LogP contribution < -0.4 is 0 Å². The van der Waals surface area contributed by atoms with E-state index in [2.05, 4.69) is 9.88 Å². The van der Waals surface area contributed by atoms with Crippen LogP contribution in [-0.4, -0.2) is 81.1 Å². The van der Waals surface area contributed by atoms with Gasteiger partial charge in [-0.2, -0.15) is 13.2 Å². The number of nitrogens with zero attached hydrogens (tertiary/aromatic N) is 5. The maximum absolute atomic E-state index is 13.4. The van der Waals surface area contributed by atoms with Crippen molar-refractivity contribution < 1.29 is 27.5 Å². The second-order valence-electron chi connectivity index (χ2n) is 11.9. The van der Waals surface area contributed by atoms with E-state index in [1.54, 1.807) is 9.80 Å². The summed E-state index contributed by atoms with van der Waals surface area (Å²) in [5, 5.41) is 0. The number of piperazine rings is 1. The number of aryl methyl sites for hydroxylation is 1. The third-order valence-electron chi connectivity index (χ3n) is 7.65. The van der Waals surface area contributed by atoms with Crippen LogP contribution in [0.25, 0.3) is 16.6 Å². The van der Waals surface area contributed by atoms with E-state index in [0.29, 0.717) is 58.1 Å². The molecule has 11 heteroatoms. The summed E-state index contributed by atoms with van der Waals surface area (Å²) in [5.41, 5.74) is 3.37. The Kier molecular flexibility index (Phi) is 8.06. The molecule has 0 N–H and O–H groups in total. The molecule has 2 aliphatic rings. The van der Waals surface area contributed by atoms with Crippen LogP contribution in [-0.2, 0) is 24.5 Å². The number of imidazole rings is 1. The number of carbonyl (C=O) groups excluding carboxylic acids is 2. The quantitative estimate of drug-likeness (QED) is 0.402. The van der Waals surface area contributed by atoms with Crippen LogP contribution in [0.2, 0.25) is 0 Å². The van der Waals surface area contributed by atoms with Crippen molar-refractivity contribution in [3.05, 3.63) is 71.1 Å². The van der Waals surface area contributed by atoms with Gasteiger partial charge in [0.2, 0.25) is 0 Å². The standard InChI is InChI=1S/C31H36F3N5O3/c1-30(2,3)42-29(41)39-13-11-22(12-14-39)23-7-10-25-26(19-23)36(4)27(35-25)28(40)38-17-15-37(16-18-38)20-21-5-8-24(9-6-21)31(32,33)34/h5-11,19H,12-18,20H2,1-4H3. The molecule has 0 bridgehead atoms. The van der Waals surface area contributed by atoms with Crippen molar-refractivity contribution >= 4 is 28.6 Å². The molecule has 1 fully saturated rings. The number of aromatic nitrogens is 2. The second-order valence-corrected chi connectivity index (χ2v) is 11.9. The van der Waals surface area contributed by atoms with Crippen molar-refractivity contribution in [1.82, 2.24) is 24.3 Å². The van der Waals surface area contributed by atoms with Crippen LogP contribution in [0.5, 0.6) is 0 Å². The number of carbonyl (C=O) groups is 2. The van der Waals surface area contributed by atoms with E-state index in [1.807, 2.05) is 56.7 Å². The number of fused-ring (bicyclic) bond motifs is 1. The molecule has 224 valence electrons.